The van der Waals surface area contributed by atoms with Gasteiger partial charge in [0.05, 0.1) is 0 Å². The summed E-state index contributed by atoms with van der Waals surface area (Å²) in [4.78, 5) is 21.9. The highest BCUT2D eigenvalue weighted by Crippen LogP contribution is 2.07. The number of carbonyl (C=O) groups excluding carboxylic acids is 2. The van der Waals surface area contributed by atoms with E-state index in [1.165, 1.54) is 4.90 Å². The number of hydrogen-bond donors (Lipinski definition) is 0. The molecule has 0 unspecified atom stereocenters. The molecule has 0 aromatic heterocycles. The molecule has 0 aromatic carbocycles. The van der Waals surface area contributed by atoms with Gasteiger partial charge >= 0.3 is 0 Å². The number of rotatable bonds is 4. The Morgan fingerprint density at radius 3 is 2.20 bits per heavy atom. The van der Waals surface area contributed by atoms with Gasteiger partial charge in [-0.3, -0.25) is 9.59 Å². The molecule has 0 aliphatic carbocycles. The zero-order valence-electron chi connectivity index (χ0n) is 6.55. The van der Waals surface area contributed by atoms with E-state index in [4.69, 9.17) is 0 Å². The van der Waals surface area contributed by atoms with Crippen molar-refractivity contribution in [2.45, 2.75) is 26.3 Å². The van der Waals surface area contributed by atoms with E-state index >= 15 is 0 Å². The van der Waals surface area contributed by atoms with Crippen LogP contribution in [0.25, 0.3) is 0 Å². The van der Waals surface area contributed by atoms with Crippen LogP contribution in [0.3, 0.4) is 0 Å². The molecular weight excluding hydrogens is 130 g/mol. The second kappa shape index (κ2) is 3.34. The quantitative estimate of drug-likeness (QED) is 0.531. The maximum absolute atomic E-state index is 10.3. The van der Waals surface area contributed by atoms with Gasteiger partial charge in [-0.1, -0.05) is 0 Å². The van der Waals surface area contributed by atoms with E-state index in [-0.39, 0.29) is 0 Å². The highest BCUT2D eigenvalue weighted by molar-refractivity contribution is 5.68. The van der Waals surface area contributed by atoms with Crippen LogP contribution in [0, 0.1) is 0 Å². The molecule has 57 valence electrons. The fourth-order valence-electron chi connectivity index (χ4n) is 0.660. The zero-order chi connectivity index (χ0) is 8.20. The maximum atomic E-state index is 10.3. The van der Waals surface area contributed by atoms with Gasteiger partial charge in [0.2, 0.25) is 12.7 Å². The molecule has 0 saturated carbocycles. The first-order valence-corrected chi connectivity index (χ1v) is 3.19. The molecular formula is C7H12NO2. The lowest BCUT2D eigenvalue weighted by molar-refractivity contribution is -0.120. The van der Waals surface area contributed by atoms with Crippen LogP contribution in [0.2, 0.25) is 0 Å². The summed E-state index contributed by atoms with van der Waals surface area (Å²) in [5, 5.41) is 0. The van der Waals surface area contributed by atoms with Crippen LogP contribution in [0.1, 0.15) is 20.8 Å². The first kappa shape index (κ1) is 9.14. The van der Waals surface area contributed by atoms with Crippen molar-refractivity contribution in [1.29, 1.82) is 0 Å². The molecule has 0 aromatic rings. The molecule has 0 bridgehead atoms. The van der Waals surface area contributed by atoms with Gasteiger partial charge < -0.3 is 4.90 Å². The molecule has 10 heavy (non-hydrogen) atoms. The predicted molar refractivity (Wildman–Crippen MR) is 38.2 cm³/mol. The smallest absolute Gasteiger partial charge is 0.225 e. The van der Waals surface area contributed by atoms with Crippen molar-refractivity contribution in [3.8, 4) is 0 Å². The third-order valence-electron chi connectivity index (χ3n) is 1.44. The van der Waals surface area contributed by atoms with Gasteiger partial charge in [0.1, 0.15) is 5.54 Å². The van der Waals surface area contributed by atoms with Crippen molar-refractivity contribution in [3.63, 3.8) is 0 Å². The fraction of sp³-hybridized carbons (Fsp3) is 0.714. The van der Waals surface area contributed by atoms with Crippen LogP contribution in [0.4, 0.5) is 0 Å². The van der Waals surface area contributed by atoms with Gasteiger partial charge in [0.25, 0.3) is 0 Å². The van der Waals surface area contributed by atoms with Crippen LogP contribution in [0.15, 0.2) is 0 Å². The van der Waals surface area contributed by atoms with Crippen LogP contribution in [0.5, 0.6) is 0 Å². The summed E-state index contributed by atoms with van der Waals surface area (Å²) in [6.07, 6.45) is 2.45. The number of amides is 1. The normalized spacial score (nSPS) is 10.7. The van der Waals surface area contributed by atoms with Crippen molar-refractivity contribution in [3.05, 3.63) is 0 Å². The lowest BCUT2D eigenvalue weighted by atomic mass is 10.1. The Kier molecular flexibility index (Phi) is 3.06. The Balaban J connectivity index is 4.24. The van der Waals surface area contributed by atoms with Crippen molar-refractivity contribution in [2.24, 2.45) is 0 Å². The Hall–Kier alpha value is -0.860. The van der Waals surface area contributed by atoms with Crippen LogP contribution < -0.4 is 0 Å². The highest BCUT2D eigenvalue weighted by atomic mass is 16.1. The van der Waals surface area contributed by atoms with Crippen molar-refractivity contribution in [1.82, 2.24) is 4.90 Å². The van der Waals surface area contributed by atoms with Crippen LogP contribution >= 0.6 is 0 Å². The van der Waals surface area contributed by atoms with Gasteiger partial charge in [-0.25, -0.2) is 0 Å². The van der Waals surface area contributed by atoms with E-state index in [0.29, 0.717) is 13.0 Å². The second-order valence-corrected chi connectivity index (χ2v) is 2.55. The Labute approximate surface area is 61.0 Å². The maximum Gasteiger partial charge on any atom is 0.225 e. The zero-order valence-corrected chi connectivity index (χ0v) is 6.55. The largest absolute Gasteiger partial charge is 0.333 e. The molecule has 3 nitrogen and oxygen atoms in total. The molecule has 0 aliphatic rings. The van der Waals surface area contributed by atoms with Crippen LogP contribution in [-0.2, 0) is 9.59 Å². The van der Waals surface area contributed by atoms with Gasteiger partial charge in [0, 0.05) is 6.54 Å². The minimum Gasteiger partial charge on any atom is -0.333 e. The molecule has 0 aliphatic heterocycles. The number of carbonyl (C=O) groups is 1. The molecule has 1 amide bonds. The first-order chi connectivity index (χ1) is 4.58. The predicted octanol–water partition coefficient (Wildman–Crippen LogP) is 0.353. The van der Waals surface area contributed by atoms with E-state index < -0.39 is 5.54 Å². The summed E-state index contributed by atoms with van der Waals surface area (Å²) in [6, 6.07) is 0. The minimum atomic E-state index is -0.781. The molecule has 0 N–H and O–H groups in total. The number of likely N-dealkylation sites (N-methyl/N-ethyl adjacent to an activating group) is 1. The second-order valence-electron chi connectivity index (χ2n) is 2.55. The number of hydrogen-bond acceptors (Lipinski definition) is 2. The summed E-state index contributed by atoms with van der Waals surface area (Å²) in [7, 11) is 0. The van der Waals surface area contributed by atoms with E-state index in [1.807, 2.05) is 6.92 Å². The van der Waals surface area contributed by atoms with E-state index in [2.05, 4.69) is 0 Å². The van der Waals surface area contributed by atoms with Crippen molar-refractivity contribution in [2.75, 3.05) is 6.54 Å². The van der Waals surface area contributed by atoms with Crippen molar-refractivity contribution >= 4 is 12.7 Å². The molecule has 0 rings (SSSR count). The molecule has 0 heterocycles. The monoisotopic (exact) mass is 142 g/mol. The van der Waals surface area contributed by atoms with Crippen molar-refractivity contribution < 1.29 is 9.59 Å². The molecule has 0 spiro atoms. The van der Waals surface area contributed by atoms with Crippen LogP contribution in [-0.4, -0.2) is 29.7 Å². The lowest BCUT2D eigenvalue weighted by Gasteiger charge is -2.28. The summed E-state index contributed by atoms with van der Waals surface area (Å²) < 4.78 is 0. The van der Waals surface area contributed by atoms with E-state index in [9.17, 15) is 9.59 Å². The Bertz CT molecular complexity index is 132. The highest BCUT2D eigenvalue weighted by Gasteiger charge is 2.23. The first-order valence-electron chi connectivity index (χ1n) is 3.19. The molecule has 1 radical (unpaired) electrons. The number of nitrogens with zero attached hydrogens (tertiary/aromatic N) is 1. The van der Waals surface area contributed by atoms with Gasteiger partial charge in [-0.2, -0.15) is 0 Å². The minimum absolute atomic E-state index is 0.533. The summed E-state index contributed by atoms with van der Waals surface area (Å²) in [6.45, 7) is 5.65. The van der Waals surface area contributed by atoms with Gasteiger partial charge in [0.15, 0.2) is 0 Å². The SMILES string of the molecule is CCN(C=O)C(C)(C)[C]=O. The summed E-state index contributed by atoms with van der Waals surface area (Å²) >= 11 is 0. The third-order valence-corrected chi connectivity index (χ3v) is 1.44. The molecule has 0 fully saturated rings. The third kappa shape index (κ3) is 1.83. The van der Waals surface area contributed by atoms with E-state index in [1.54, 1.807) is 20.1 Å². The standard InChI is InChI=1S/C7H12NO2/c1-4-8(6-10)7(2,3)5-9/h6H,4H2,1-3H3. The molecule has 0 atom stereocenters. The van der Waals surface area contributed by atoms with Gasteiger partial charge in [-0.15, -0.1) is 0 Å². The topological polar surface area (TPSA) is 37.4 Å². The average Bonchev–Trinajstić information content (AvgIpc) is 1.90. The summed E-state index contributed by atoms with van der Waals surface area (Å²) in [5.41, 5.74) is -0.781. The molecule has 3 heteroatoms. The van der Waals surface area contributed by atoms with Gasteiger partial charge in [-0.05, 0) is 20.8 Å². The Morgan fingerprint density at radius 1 is 1.60 bits per heavy atom. The summed E-state index contributed by atoms with van der Waals surface area (Å²) in [5.74, 6) is 0. The van der Waals surface area contributed by atoms with E-state index in [0.717, 1.165) is 0 Å². The fourth-order valence-corrected chi connectivity index (χ4v) is 0.660. The molecule has 0 saturated heterocycles. The lowest BCUT2D eigenvalue weighted by Crippen LogP contribution is -2.44. The Morgan fingerprint density at radius 2 is 2.10 bits per heavy atom. The average molecular weight is 142 g/mol.